The summed E-state index contributed by atoms with van der Waals surface area (Å²) in [6.07, 6.45) is 3.07. The first-order valence-corrected chi connectivity index (χ1v) is 4.57. The van der Waals surface area contributed by atoms with Gasteiger partial charge in [0.2, 0.25) is 0 Å². The van der Waals surface area contributed by atoms with Crippen LogP contribution in [0, 0.1) is 0 Å². The van der Waals surface area contributed by atoms with Gasteiger partial charge in [0.05, 0.1) is 17.6 Å². The number of aromatic amines is 1. The predicted octanol–water partition coefficient (Wildman–Crippen LogP) is 1.29. The number of carboxylic acids is 1. The average Bonchev–Trinajstić information content (AvgIpc) is 2.70. The lowest BCUT2D eigenvalue weighted by molar-refractivity contribution is 0.0690. The zero-order chi connectivity index (χ0) is 11.5. The standard InChI is InChI=1S/C8H6ClN5O2/c9-6-1-5(7(8(15)16)14-13-6)12-4-2-10-11-3-4/h1-3H,(H,10,11)(H,12,13)(H,15,16). The molecule has 2 heterocycles. The maximum absolute atomic E-state index is 10.9. The molecule has 0 aliphatic rings. The molecule has 82 valence electrons. The molecule has 0 amide bonds. The summed E-state index contributed by atoms with van der Waals surface area (Å²) in [6, 6.07) is 1.38. The summed E-state index contributed by atoms with van der Waals surface area (Å²) >= 11 is 5.63. The van der Waals surface area contributed by atoms with Gasteiger partial charge >= 0.3 is 5.97 Å². The number of H-pyrrole nitrogens is 1. The van der Waals surface area contributed by atoms with Gasteiger partial charge in [-0.05, 0) is 0 Å². The van der Waals surface area contributed by atoms with E-state index < -0.39 is 5.97 Å². The lowest BCUT2D eigenvalue weighted by Gasteiger charge is -2.05. The Balaban J connectivity index is 2.38. The third kappa shape index (κ3) is 2.09. The van der Waals surface area contributed by atoms with Crippen LogP contribution in [0.25, 0.3) is 0 Å². The van der Waals surface area contributed by atoms with Crippen molar-refractivity contribution in [3.8, 4) is 0 Å². The highest BCUT2D eigenvalue weighted by molar-refractivity contribution is 6.29. The highest BCUT2D eigenvalue weighted by Gasteiger charge is 2.13. The number of nitrogens with zero attached hydrogens (tertiary/aromatic N) is 3. The molecule has 2 rings (SSSR count). The van der Waals surface area contributed by atoms with Gasteiger partial charge in [-0.25, -0.2) is 4.79 Å². The van der Waals surface area contributed by atoms with Gasteiger partial charge < -0.3 is 10.4 Å². The minimum Gasteiger partial charge on any atom is -0.476 e. The molecule has 0 atom stereocenters. The van der Waals surface area contributed by atoms with Gasteiger partial charge in [-0.3, -0.25) is 5.10 Å². The maximum atomic E-state index is 10.9. The minimum atomic E-state index is -1.19. The molecular formula is C8H6ClN5O2. The molecule has 0 saturated heterocycles. The van der Waals surface area contributed by atoms with Crippen molar-refractivity contribution in [1.29, 1.82) is 0 Å². The van der Waals surface area contributed by atoms with Gasteiger partial charge in [0, 0.05) is 12.3 Å². The lowest BCUT2D eigenvalue weighted by Crippen LogP contribution is -2.07. The molecule has 16 heavy (non-hydrogen) atoms. The Hall–Kier alpha value is -2.15. The van der Waals surface area contributed by atoms with Gasteiger partial charge in [0.15, 0.2) is 10.8 Å². The molecule has 0 unspecified atom stereocenters. The molecule has 0 radical (unpaired) electrons. The van der Waals surface area contributed by atoms with Crippen molar-refractivity contribution in [2.45, 2.75) is 0 Å². The predicted molar refractivity (Wildman–Crippen MR) is 55.9 cm³/mol. The van der Waals surface area contributed by atoms with Gasteiger partial charge in [-0.1, -0.05) is 11.6 Å². The summed E-state index contributed by atoms with van der Waals surface area (Å²) in [5.41, 5.74) is 0.658. The molecular weight excluding hydrogens is 234 g/mol. The molecule has 0 aromatic carbocycles. The summed E-state index contributed by atoms with van der Waals surface area (Å²) in [4.78, 5) is 10.9. The second kappa shape index (κ2) is 4.15. The van der Waals surface area contributed by atoms with Crippen LogP contribution in [0.3, 0.4) is 0 Å². The number of carboxylic acid groups (broad SMARTS) is 1. The third-order valence-corrected chi connectivity index (χ3v) is 1.93. The van der Waals surface area contributed by atoms with Crippen molar-refractivity contribution >= 4 is 28.9 Å². The maximum Gasteiger partial charge on any atom is 0.358 e. The van der Waals surface area contributed by atoms with E-state index in [0.29, 0.717) is 5.69 Å². The average molecular weight is 240 g/mol. The molecule has 0 spiro atoms. The summed E-state index contributed by atoms with van der Waals surface area (Å²) in [5, 5.41) is 25.0. The normalized spacial score (nSPS) is 10.1. The van der Waals surface area contributed by atoms with Crippen molar-refractivity contribution in [2.75, 3.05) is 5.32 Å². The fourth-order valence-electron chi connectivity index (χ4n) is 1.10. The van der Waals surface area contributed by atoms with Crippen LogP contribution in [0.4, 0.5) is 11.4 Å². The van der Waals surface area contributed by atoms with Crippen molar-refractivity contribution in [3.63, 3.8) is 0 Å². The Labute approximate surface area is 94.5 Å². The van der Waals surface area contributed by atoms with E-state index in [-0.39, 0.29) is 16.5 Å². The molecule has 0 saturated carbocycles. The first kappa shape index (κ1) is 10.4. The van der Waals surface area contributed by atoms with Crippen LogP contribution in [0.5, 0.6) is 0 Å². The van der Waals surface area contributed by atoms with Crippen molar-refractivity contribution in [3.05, 3.63) is 29.3 Å². The highest BCUT2D eigenvalue weighted by atomic mass is 35.5. The fraction of sp³-hybridized carbons (Fsp3) is 0. The number of hydrogen-bond donors (Lipinski definition) is 3. The Morgan fingerprint density at radius 3 is 2.94 bits per heavy atom. The Kier molecular flexibility index (Phi) is 2.69. The van der Waals surface area contributed by atoms with Crippen LogP contribution < -0.4 is 5.32 Å². The lowest BCUT2D eigenvalue weighted by atomic mass is 10.3. The van der Waals surface area contributed by atoms with Gasteiger partial charge in [0.25, 0.3) is 0 Å². The van der Waals surface area contributed by atoms with Crippen LogP contribution >= 0.6 is 11.6 Å². The number of aromatic carboxylic acids is 1. The Morgan fingerprint density at radius 2 is 2.31 bits per heavy atom. The van der Waals surface area contributed by atoms with Gasteiger partial charge in [0.1, 0.15) is 0 Å². The number of carbonyl (C=O) groups is 1. The van der Waals surface area contributed by atoms with Crippen molar-refractivity contribution in [2.24, 2.45) is 0 Å². The zero-order valence-electron chi connectivity index (χ0n) is 7.81. The number of nitrogens with one attached hydrogen (secondary N) is 2. The number of rotatable bonds is 3. The van der Waals surface area contributed by atoms with E-state index in [1.54, 1.807) is 6.20 Å². The number of anilines is 2. The van der Waals surface area contributed by atoms with E-state index in [4.69, 9.17) is 16.7 Å². The molecule has 2 aromatic rings. The third-order valence-electron chi connectivity index (χ3n) is 1.74. The van der Waals surface area contributed by atoms with Crippen molar-refractivity contribution in [1.82, 2.24) is 20.4 Å². The topological polar surface area (TPSA) is 104 Å². The smallest absolute Gasteiger partial charge is 0.358 e. The monoisotopic (exact) mass is 239 g/mol. The summed E-state index contributed by atoms with van der Waals surface area (Å²) in [5.74, 6) is -1.19. The largest absolute Gasteiger partial charge is 0.476 e. The van der Waals surface area contributed by atoms with Crippen LogP contribution in [-0.2, 0) is 0 Å². The van der Waals surface area contributed by atoms with E-state index in [9.17, 15) is 4.79 Å². The first-order valence-electron chi connectivity index (χ1n) is 4.19. The number of hydrogen-bond acceptors (Lipinski definition) is 5. The van der Waals surface area contributed by atoms with E-state index in [1.807, 2.05) is 0 Å². The number of halogens is 1. The highest BCUT2D eigenvalue weighted by Crippen LogP contribution is 2.20. The van der Waals surface area contributed by atoms with E-state index in [0.717, 1.165) is 0 Å². The van der Waals surface area contributed by atoms with E-state index >= 15 is 0 Å². The van der Waals surface area contributed by atoms with E-state index in [1.165, 1.54) is 12.3 Å². The molecule has 3 N–H and O–H groups in total. The Morgan fingerprint density at radius 1 is 1.50 bits per heavy atom. The fourth-order valence-corrected chi connectivity index (χ4v) is 1.24. The summed E-state index contributed by atoms with van der Waals surface area (Å²) < 4.78 is 0. The molecule has 0 aliphatic heterocycles. The van der Waals surface area contributed by atoms with Gasteiger partial charge in [-0.2, -0.15) is 5.10 Å². The van der Waals surface area contributed by atoms with Crippen LogP contribution in [0.1, 0.15) is 10.5 Å². The SMILES string of the molecule is O=C(O)c1nnc(Cl)cc1Nc1cn[nH]c1. The second-order valence-electron chi connectivity index (χ2n) is 2.85. The van der Waals surface area contributed by atoms with Crippen LogP contribution in [-0.4, -0.2) is 31.5 Å². The van der Waals surface area contributed by atoms with Crippen LogP contribution in [0.15, 0.2) is 18.5 Å². The second-order valence-corrected chi connectivity index (χ2v) is 3.23. The Bertz CT molecular complexity index is 513. The molecule has 0 aliphatic carbocycles. The summed E-state index contributed by atoms with van der Waals surface area (Å²) in [7, 11) is 0. The minimum absolute atomic E-state index is 0.107. The molecule has 8 heteroatoms. The van der Waals surface area contributed by atoms with Crippen LogP contribution in [0.2, 0.25) is 5.15 Å². The van der Waals surface area contributed by atoms with Gasteiger partial charge in [-0.15, -0.1) is 10.2 Å². The zero-order valence-corrected chi connectivity index (χ0v) is 8.56. The molecule has 2 aromatic heterocycles. The first-order chi connectivity index (χ1) is 7.66. The molecule has 0 fully saturated rings. The van der Waals surface area contributed by atoms with E-state index in [2.05, 4.69) is 25.7 Å². The number of aromatic nitrogens is 4. The molecule has 7 nitrogen and oxygen atoms in total. The molecule has 0 bridgehead atoms. The quantitative estimate of drug-likeness (QED) is 0.746. The summed E-state index contributed by atoms with van der Waals surface area (Å²) in [6.45, 7) is 0. The van der Waals surface area contributed by atoms with Crippen molar-refractivity contribution < 1.29 is 9.90 Å².